The molecule has 0 amide bonds. The second kappa shape index (κ2) is 7.63. The summed E-state index contributed by atoms with van der Waals surface area (Å²) in [5.41, 5.74) is 0.389. The molecule has 3 aromatic rings. The van der Waals surface area contributed by atoms with E-state index in [4.69, 9.17) is 4.74 Å². The first kappa shape index (κ1) is 20.5. The van der Waals surface area contributed by atoms with Crippen molar-refractivity contribution in [1.29, 1.82) is 0 Å². The Kier molecular flexibility index (Phi) is 4.89. The maximum Gasteiger partial charge on any atom is 0.350 e. The third-order valence-electron chi connectivity index (χ3n) is 6.30. The van der Waals surface area contributed by atoms with Gasteiger partial charge in [0.2, 0.25) is 5.88 Å². The van der Waals surface area contributed by atoms with Gasteiger partial charge in [-0.05, 0) is 38.0 Å². The van der Waals surface area contributed by atoms with Crippen molar-refractivity contribution < 1.29 is 14.2 Å². The van der Waals surface area contributed by atoms with E-state index in [2.05, 4.69) is 25.5 Å². The lowest BCUT2D eigenvalue weighted by Crippen LogP contribution is -2.59. The van der Waals surface area contributed by atoms with E-state index in [1.54, 1.807) is 31.3 Å². The monoisotopic (exact) mass is 438 g/mol. The number of hydrogen-bond acceptors (Lipinski definition) is 8. The van der Waals surface area contributed by atoms with E-state index in [1.807, 2.05) is 6.92 Å². The maximum atomic E-state index is 14.9. The fourth-order valence-electron chi connectivity index (χ4n) is 4.49. The number of aromatic hydroxyl groups is 1. The molecule has 0 radical (unpaired) electrons. The number of aromatic nitrogens is 5. The van der Waals surface area contributed by atoms with Gasteiger partial charge in [0, 0.05) is 36.7 Å². The normalized spacial score (nSPS) is 26.8. The number of benzene rings is 1. The van der Waals surface area contributed by atoms with Crippen LogP contribution in [0.5, 0.6) is 11.6 Å². The van der Waals surface area contributed by atoms with Gasteiger partial charge in [-0.25, -0.2) is 14.2 Å². The smallest absolute Gasteiger partial charge is 0.350 e. The second-order valence-electron chi connectivity index (χ2n) is 8.65. The van der Waals surface area contributed by atoms with Gasteiger partial charge in [0.15, 0.2) is 12.0 Å². The van der Waals surface area contributed by atoms with Crippen LogP contribution in [0, 0.1) is 0 Å². The number of rotatable bonds is 4. The van der Waals surface area contributed by atoms with Crippen LogP contribution < -0.4 is 15.7 Å². The van der Waals surface area contributed by atoms with E-state index >= 15 is 0 Å². The number of ether oxygens (including phenoxy) is 1. The number of halogens is 1. The predicted molar refractivity (Wildman–Crippen MR) is 114 cm³/mol. The molecule has 2 aliphatic rings. The summed E-state index contributed by atoms with van der Waals surface area (Å²) in [7, 11) is 1.56. The summed E-state index contributed by atoms with van der Waals surface area (Å²) in [6, 6.07) is 8.35. The Bertz CT molecular complexity index is 1220. The van der Waals surface area contributed by atoms with E-state index < -0.39 is 23.5 Å². The topological polar surface area (TPSA) is 115 Å². The lowest BCUT2D eigenvalue weighted by atomic mass is 9.88. The van der Waals surface area contributed by atoms with Crippen molar-refractivity contribution >= 4 is 0 Å². The molecule has 0 saturated carbocycles. The average Bonchev–Trinajstić information content (AvgIpc) is 3.12. The number of aryl methyl sites for hydroxylation is 1. The van der Waals surface area contributed by atoms with Gasteiger partial charge >= 0.3 is 5.69 Å². The Hall–Kier alpha value is -3.40. The zero-order chi connectivity index (χ0) is 22.5. The van der Waals surface area contributed by atoms with Crippen LogP contribution in [-0.2, 0) is 7.05 Å². The van der Waals surface area contributed by atoms with E-state index in [1.165, 1.54) is 17.0 Å². The van der Waals surface area contributed by atoms with Gasteiger partial charge in [0.05, 0.1) is 11.2 Å². The van der Waals surface area contributed by atoms with Crippen molar-refractivity contribution in [1.82, 2.24) is 30.0 Å². The standard InChI is InChI=1S/C22H23FN6O3/c1-22-8-7-13(26-22)10-17(19(22)23)32-18-6-5-15(27-28-18)14-4-3-12(9-16(14)30)20-24-11-29(2)21(31)25-20/h3-6,9,11,13,17,19,26,30H,7-8,10H2,1-2H3/t13?,17-,19-,22+/m0/s1. The van der Waals surface area contributed by atoms with Crippen molar-refractivity contribution in [3.8, 4) is 34.3 Å². The first-order valence-electron chi connectivity index (χ1n) is 10.5. The van der Waals surface area contributed by atoms with E-state index in [0.29, 0.717) is 23.2 Å². The van der Waals surface area contributed by atoms with Crippen LogP contribution in [0.3, 0.4) is 0 Å². The number of nitrogens with zero attached hydrogens (tertiary/aromatic N) is 5. The zero-order valence-electron chi connectivity index (χ0n) is 17.7. The quantitative estimate of drug-likeness (QED) is 0.636. The SMILES string of the molecule is Cn1cnc(-c2ccc(-c3ccc(O[C@H]4CC5CC[C@@](C)(N5)[C@H]4F)nn3)c(O)c2)nc1=O. The lowest BCUT2D eigenvalue weighted by Gasteiger charge is -2.39. The summed E-state index contributed by atoms with van der Waals surface area (Å²) in [5.74, 6) is 0.410. The molecule has 2 N–H and O–H groups in total. The molecule has 10 heteroatoms. The number of piperidine rings is 1. The highest BCUT2D eigenvalue weighted by Gasteiger charge is 2.51. The van der Waals surface area contributed by atoms with Crippen molar-refractivity contribution in [3.05, 3.63) is 47.1 Å². The Morgan fingerprint density at radius 1 is 1.28 bits per heavy atom. The third kappa shape index (κ3) is 3.60. The minimum atomic E-state index is -1.13. The minimum absolute atomic E-state index is 0.0542. The highest BCUT2D eigenvalue weighted by molar-refractivity contribution is 5.71. The summed E-state index contributed by atoms with van der Waals surface area (Å²) < 4.78 is 22.0. The van der Waals surface area contributed by atoms with Crippen LogP contribution in [0.2, 0.25) is 0 Å². The fraction of sp³-hybridized carbons (Fsp3) is 0.409. The van der Waals surface area contributed by atoms with Gasteiger partial charge in [0.1, 0.15) is 18.2 Å². The number of hydrogen-bond donors (Lipinski definition) is 2. The van der Waals surface area contributed by atoms with Crippen molar-refractivity contribution in [2.75, 3.05) is 0 Å². The molecule has 9 nitrogen and oxygen atoms in total. The van der Waals surface area contributed by atoms with Crippen molar-refractivity contribution in [2.24, 2.45) is 7.05 Å². The lowest BCUT2D eigenvalue weighted by molar-refractivity contribution is 0.00813. The van der Waals surface area contributed by atoms with E-state index in [-0.39, 0.29) is 23.5 Å². The molecule has 4 heterocycles. The molecule has 0 spiro atoms. The first-order chi connectivity index (χ1) is 15.3. The average molecular weight is 438 g/mol. The molecule has 32 heavy (non-hydrogen) atoms. The molecule has 2 saturated heterocycles. The Morgan fingerprint density at radius 2 is 2.12 bits per heavy atom. The highest BCUT2D eigenvalue weighted by Crippen LogP contribution is 2.39. The maximum absolute atomic E-state index is 14.9. The molecule has 1 unspecified atom stereocenters. The van der Waals surface area contributed by atoms with Gasteiger partial charge in [0.25, 0.3) is 0 Å². The molecule has 1 aromatic carbocycles. The molecule has 2 aromatic heterocycles. The van der Waals surface area contributed by atoms with Crippen LogP contribution in [0.4, 0.5) is 4.39 Å². The molecular weight excluding hydrogens is 415 g/mol. The van der Waals surface area contributed by atoms with Crippen LogP contribution in [0.1, 0.15) is 26.2 Å². The number of fused-ring (bicyclic) bond motifs is 2. The number of nitrogens with one attached hydrogen (secondary N) is 1. The largest absolute Gasteiger partial charge is 0.507 e. The van der Waals surface area contributed by atoms with Crippen LogP contribution in [-0.4, -0.2) is 53.7 Å². The Morgan fingerprint density at radius 3 is 2.84 bits per heavy atom. The summed E-state index contributed by atoms with van der Waals surface area (Å²) in [5, 5.41) is 22.1. The molecule has 2 fully saturated rings. The summed E-state index contributed by atoms with van der Waals surface area (Å²) in [6.07, 6.45) is 2.00. The highest BCUT2D eigenvalue weighted by atomic mass is 19.1. The molecule has 2 bridgehead atoms. The summed E-state index contributed by atoms with van der Waals surface area (Å²) in [4.78, 5) is 19.7. The number of alkyl halides is 1. The van der Waals surface area contributed by atoms with E-state index in [0.717, 1.165) is 12.8 Å². The number of phenols is 1. The van der Waals surface area contributed by atoms with Crippen molar-refractivity contribution in [3.63, 3.8) is 0 Å². The van der Waals surface area contributed by atoms with E-state index in [9.17, 15) is 14.3 Å². The predicted octanol–water partition coefficient (Wildman–Crippen LogP) is 2.00. The molecule has 166 valence electrons. The van der Waals surface area contributed by atoms with Gasteiger partial charge in [-0.3, -0.25) is 4.57 Å². The van der Waals surface area contributed by atoms with Crippen LogP contribution >= 0.6 is 0 Å². The Balaban J connectivity index is 1.34. The van der Waals surface area contributed by atoms with Crippen molar-refractivity contribution in [2.45, 2.75) is 50.0 Å². The van der Waals surface area contributed by atoms with Gasteiger partial charge in [-0.15, -0.1) is 10.2 Å². The molecular formula is C22H23FN6O3. The fourth-order valence-corrected chi connectivity index (χ4v) is 4.49. The summed E-state index contributed by atoms with van der Waals surface area (Å²) >= 11 is 0. The molecule has 0 aliphatic carbocycles. The van der Waals surface area contributed by atoms with Gasteiger partial charge in [-0.2, -0.15) is 4.98 Å². The van der Waals surface area contributed by atoms with Gasteiger partial charge < -0.3 is 15.2 Å². The van der Waals surface area contributed by atoms with Crippen LogP contribution in [0.15, 0.2) is 41.5 Å². The first-order valence-corrected chi connectivity index (χ1v) is 10.5. The third-order valence-corrected chi connectivity index (χ3v) is 6.30. The second-order valence-corrected chi connectivity index (χ2v) is 8.65. The molecule has 2 aliphatic heterocycles. The van der Waals surface area contributed by atoms with Crippen LogP contribution in [0.25, 0.3) is 22.6 Å². The molecule has 4 atom stereocenters. The number of phenolic OH excluding ortho intramolecular Hbond substituents is 1. The zero-order valence-corrected chi connectivity index (χ0v) is 17.7. The summed E-state index contributed by atoms with van der Waals surface area (Å²) in [6.45, 7) is 1.90. The van der Waals surface area contributed by atoms with Gasteiger partial charge in [-0.1, -0.05) is 6.07 Å². The Labute approximate surface area is 183 Å². The minimum Gasteiger partial charge on any atom is -0.507 e. The molecule has 5 rings (SSSR count).